The van der Waals surface area contributed by atoms with E-state index in [9.17, 15) is 0 Å². The lowest BCUT2D eigenvalue weighted by atomic mass is 10.0. The average Bonchev–Trinajstić information content (AvgIpc) is 3.13. The predicted octanol–water partition coefficient (Wildman–Crippen LogP) is 2.94. The summed E-state index contributed by atoms with van der Waals surface area (Å²) in [6.45, 7) is 6.31. The van der Waals surface area contributed by atoms with E-state index in [2.05, 4.69) is 46.1 Å². The smallest absolute Gasteiger partial charge is 0.126 e. The van der Waals surface area contributed by atoms with Crippen molar-refractivity contribution in [2.45, 2.75) is 31.8 Å². The van der Waals surface area contributed by atoms with E-state index in [0.29, 0.717) is 12.6 Å². The quantitative estimate of drug-likeness (QED) is 0.942. The van der Waals surface area contributed by atoms with Gasteiger partial charge in [-0.1, -0.05) is 29.8 Å². The number of aromatic amines is 1. The summed E-state index contributed by atoms with van der Waals surface area (Å²) in [7, 11) is 0. The molecule has 2 aromatic rings. The van der Waals surface area contributed by atoms with Gasteiger partial charge in [-0.25, -0.2) is 4.98 Å². The molecule has 5 heteroatoms. The molecule has 2 fully saturated rings. The number of aromatic nitrogens is 2. The van der Waals surface area contributed by atoms with Gasteiger partial charge < -0.3 is 14.5 Å². The highest BCUT2D eigenvalue weighted by molar-refractivity contribution is 5.58. The molecular formula is C19H25N3O2. The highest BCUT2D eigenvalue weighted by Crippen LogP contribution is 2.29. The largest absolute Gasteiger partial charge is 0.381 e. The van der Waals surface area contributed by atoms with Gasteiger partial charge >= 0.3 is 0 Å². The summed E-state index contributed by atoms with van der Waals surface area (Å²) in [5.41, 5.74) is 3.51. The second-order valence-electron chi connectivity index (χ2n) is 6.72. The maximum absolute atomic E-state index is 5.76. The van der Waals surface area contributed by atoms with Crippen LogP contribution in [-0.2, 0) is 9.47 Å². The number of hydrogen-bond donors (Lipinski definition) is 1. The number of hydrogen-bond acceptors (Lipinski definition) is 4. The molecule has 0 saturated carbocycles. The molecule has 2 aliphatic rings. The summed E-state index contributed by atoms with van der Waals surface area (Å²) >= 11 is 0. The molecule has 0 aliphatic carbocycles. The second-order valence-corrected chi connectivity index (χ2v) is 6.72. The van der Waals surface area contributed by atoms with Crippen molar-refractivity contribution in [3.05, 3.63) is 41.9 Å². The van der Waals surface area contributed by atoms with Crippen molar-refractivity contribution in [2.24, 2.45) is 0 Å². The third-order valence-electron chi connectivity index (χ3n) is 5.10. The van der Waals surface area contributed by atoms with Gasteiger partial charge in [0, 0.05) is 25.8 Å². The highest BCUT2D eigenvalue weighted by Gasteiger charge is 2.33. The Balaban J connectivity index is 1.56. The molecule has 4 rings (SSSR count). The number of benzene rings is 1. The van der Waals surface area contributed by atoms with Crippen LogP contribution < -0.4 is 0 Å². The first kappa shape index (κ1) is 15.8. The number of nitrogens with one attached hydrogen (secondary N) is 1. The van der Waals surface area contributed by atoms with E-state index in [1.54, 1.807) is 0 Å². The summed E-state index contributed by atoms with van der Waals surface area (Å²) in [6.07, 6.45) is 4.14. The standard InChI is InChI=1S/C19H25N3O2/c1-14-2-4-15(5-3-14)17-12-20-19(21-17)18-13-24-11-8-22(18)16-6-9-23-10-7-16/h2-5,12,16,18H,6-11,13H2,1H3,(H,20,21)/t18-/m0/s1. The van der Waals surface area contributed by atoms with Crippen LogP contribution in [0.2, 0.25) is 0 Å². The second kappa shape index (κ2) is 7.05. The zero-order valence-corrected chi connectivity index (χ0v) is 14.2. The number of ether oxygens (including phenoxy) is 2. The zero-order chi connectivity index (χ0) is 16.4. The van der Waals surface area contributed by atoms with Gasteiger partial charge in [-0.2, -0.15) is 0 Å². The van der Waals surface area contributed by atoms with E-state index < -0.39 is 0 Å². The molecule has 1 N–H and O–H groups in total. The first-order chi connectivity index (χ1) is 11.8. The predicted molar refractivity (Wildman–Crippen MR) is 92.9 cm³/mol. The Kier molecular flexibility index (Phi) is 4.65. The number of imidazole rings is 1. The average molecular weight is 327 g/mol. The Morgan fingerprint density at radius 3 is 2.67 bits per heavy atom. The molecule has 24 heavy (non-hydrogen) atoms. The van der Waals surface area contributed by atoms with Crippen molar-refractivity contribution in [2.75, 3.05) is 33.0 Å². The van der Waals surface area contributed by atoms with Crippen LogP contribution in [0.4, 0.5) is 0 Å². The molecule has 0 radical (unpaired) electrons. The minimum Gasteiger partial charge on any atom is -0.381 e. The van der Waals surface area contributed by atoms with Crippen molar-refractivity contribution >= 4 is 0 Å². The molecule has 0 bridgehead atoms. The lowest BCUT2D eigenvalue weighted by Gasteiger charge is -2.41. The van der Waals surface area contributed by atoms with Gasteiger partial charge in [0.15, 0.2) is 0 Å². The number of morpholine rings is 1. The Morgan fingerprint density at radius 1 is 1.08 bits per heavy atom. The van der Waals surface area contributed by atoms with Crippen LogP contribution in [0.5, 0.6) is 0 Å². The summed E-state index contributed by atoms with van der Waals surface area (Å²) in [5.74, 6) is 1.01. The molecule has 2 aliphatic heterocycles. The van der Waals surface area contributed by atoms with Gasteiger partial charge in [0.05, 0.1) is 31.1 Å². The molecule has 1 atom stereocenters. The first-order valence-corrected chi connectivity index (χ1v) is 8.84. The molecule has 3 heterocycles. The molecule has 128 valence electrons. The molecule has 0 unspecified atom stereocenters. The molecule has 0 amide bonds. The van der Waals surface area contributed by atoms with Crippen molar-refractivity contribution in [3.63, 3.8) is 0 Å². The van der Waals surface area contributed by atoms with Crippen molar-refractivity contribution < 1.29 is 9.47 Å². The van der Waals surface area contributed by atoms with Crippen LogP contribution in [-0.4, -0.2) is 53.9 Å². The molecule has 5 nitrogen and oxygen atoms in total. The molecule has 1 aromatic heterocycles. The topological polar surface area (TPSA) is 50.4 Å². The lowest BCUT2D eigenvalue weighted by molar-refractivity contribution is -0.0589. The van der Waals surface area contributed by atoms with Gasteiger partial charge in [-0.15, -0.1) is 0 Å². The van der Waals surface area contributed by atoms with Crippen LogP contribution in [0.3, 0.4) is 0 Å². The normalized spacial score (nSPS) is 23.5. The van der Waals surface area contributed by atoms with E-state index in [1.165, 1.54) is 11.1 Å². The van der Waals surface area contributed by atoms with Crippen molar-refractivity contribution in [1.82, 2.24) is 14.9 Å². The maximum atomic E-state index is 5.76. The van der Waals surface area contributed by atoms with Gasteiger partial charge in [-0.05, 0) is 25.3 Å². The SMILES string of the molecule is Cc1ccc(-c2cnc([C@@H]3COCCN3C3CCOCC3)[nH]2)cc1. The minimum absolute atomic E-state index is 0.209. The maximum Gasteiger partial charge on any atom is 0.126 e. The van der Waals surface area contributed by atoms with Crippen LogP contribution in [0, 0.1) is 6.92 Å². The number of rotatable bonds is 3. The first-order valence-electron chi connectivity index (χ1n) is 8.84. The monoisotopic (exact) mass is 327 g/mol. The van der Waals surface area contributed by atoms with Crippen LogP contribution in [0.15, 0.2) is 30.5 Å². The zero-order valence-electron chi connectivity index (χ0n) is 14.2. The fraction of sp³-hybridized carbons (Fsp3) is 0.526. The Bertz CT molecular complexity index is 662. The van der Waals surface area contributed by atoms with Crippen molar-refractivity contribution in [1.29, 1.82) is 0 Å². The van der Waals surface area contributed by atoms with E-state index >= 15 is 0 Å². The Labute approximate surface area is 143 Å². The Morgan fingerprint density at radius 2 is 1.88 bits per heavy atom. The summed E-state index contributed by atoms with van der Waals surface area (Å²) in [4.78, 5) is 10.8. The van der Waals surface area contributed by atoms with E-state index in [4.69, 9.17) is 9.47 Å². The minimum atomic E-state index is 0.209. The van der Waals surface area contributed by atoms with E-state index in [1.807, 2.05) is 6.20 Å². The molecule has 0 spiro atoms. The summed E-state index contributed by atoms with van der Waals surface area (Å²) < 4.78 is 11.3. The number of H-pyrrole nitrogens is 1. The third-order valence-corrected chi connectivity index (χ3v) is 5.10. The van der Waals surface area contributed by atoms with Crippen LogP contribution in [0.25, 0.3) is 11.3 Å². The third kappa shape index (κ3) is 3.24. The summed E-state index contributed by atoms with van der Waals surface area (Å²) in [5, 5.41) is 0. The number of nitrogens with zero attached hydrogens (tertiary/aromatic N) is 2. The van der Waals surface area contributed by atoms with Gasteiger partial charge in [0.25, 0.3) is 0 Å². The number of aryl methyl sites for hydroxylation is 1. The van der Waals surface area contributed by atoms with Crippen LogP contribution in [0.1, 0.15) is 30.3 Å². The van der Waals surface area contributed by atoms with Crippen LogP contribution >= 0.6 is 0 Å². The van der Waals surface area contributed by atoms with Gasteiger partial charge in [0.1, 0.15) is 5.82 Å². The van der Waals surface area contributed by atoms with Crippen molar-refractivity contribution in [3.8, 4) is 11.3 Å². The van der Waals surface area contributed by atoms with Gasteiger partial charge in [-0.3, -0.25) is 4.90 Å². The molecule has 2 saturated heterocycles. The fourth-order valence-corrected chi connectivity index (χ4v) is 3.69. The lowest BCUT2D eigenvalue weighted by Crippen LogP contribution is -2.48. The van der Waals surface area contributed by atoms with E-state index in [0.717, 1.165) is 50.7 Å². The molecular weight excluding hydrogens is 302 g/mol. The van der Waals surface area contributed by atoms with E-state index in [-0.39, 0.29) is 6.04 Å². The Hall–Kier alpha value is -1.69. The highest BCUT2D eigenvalue weighted by atomic mass is 16.5. The molecule has 1 aromatic carbocycles. The fourth-order valence-electron chi connectivity index (χ4n) is 3.69. The van der Waals surface area contributed by atoms with Gasteiger partial charge in [0.2, 0.25) is 0 Å². The summed E-state index contributed by atoms with van der Waals surface area (Å²) in [6, 6.07) is 9.32.